The van der Waals surface area contributed by atoms with Crippen LogP contribution in [0.1, 0.15) is 26.2 Å². The van der Waals surface area contributed by atoms with Gasteiger partial charge in [-0.05, 0) is 31.7 Å². The average molecular weight is 236 g/mol. The van der Waals surface area contributed by atoms with Gasteiger partial charge < -0.3 is 15.6 Å². The molecule has 1 amide bonds. The lowest BCUT2D eigenvalue weighted by atomic mass is 9.91. The second-order valence-electron chi connectivity index (χ2n) is 4.77. The Bertz CT molecular complexity index is 372. The number of carbonyl (C=O) groups is 1. The van der Waals surface area contributed by atoms with E-state index >= 15 is 0 Å². The predicted molar refractivity (Wildman–Crippen MR) is 65.2 cm³/mol. The van der Waals surface area contributed by atoms with Crippen LogP contribution >= 0.6 is 0 Å². The maximum atomic E-state index is 11.9. The van der Waals surface area contributed by atoms with Gasteiger partial charge in [-0.1, -0.05) is 6.92 Å². The molecule has 0 aliphatic heterocycles. The molecule has 1 atom stereocenters. The van der Waals surface area contributed by atoms with Crippen LogP contribution in [0.3, 0.4) is 0 Å². The van der Waals surface area contributed by atoms with Crippen molar-refractivity contribution in [3.8, 4) is 0 Å². The second kappa shape index (κ2) is 4.87. The number of hydrogen-bond acceptors (Lipinski definition) is 3. The van der Waals surface area contributed by atoms with Crippen molar-refractivity contribution < 1.29 is 4.79 Å². The number of aromatic nitrogens is 2. The first-order valence-corrected chi connectivity index (χ1v) is 6.19. The quantitative estimate of drug-likeness (QED) is 0.724. The second-order valence-corrected chi connectivity index (χ2v) is 4.77. The van der Waals surface area contributed by atoms with Crippen molar-refractivity contribution >= 4 is 5.91 Å². The lowest BCUT2D eigenvalue weighted by Crippen LogP contribution is -2.60. The average Bonchev–Trinajstić information content (AvgIpc) is 3.04. The van der Waals surface area contributed by atoms with Gasteiger partial charge in [0.2, 0.25) is 5.91 Å². The number of imidazole rings is 1. The zero-order valence-electron chi connectivity index (χ0n) is 10.2. The van der Waals surface area contributed by atoms with E-state index in [9.17, 15) is 4.79 Å². The predicted octanol–water partition coefficient (Wildman–Crippen LogP) is 0.517. The molecule has 5 heteroatoms. The molecule has 0 aromatic carbocycles. The third-order valence-corrected chi connectivity index (χ3v) is 3.40. The molecule has 1 aliphatic carbocycles. The molecule has 1 aromatic heterocycles. The van der Waals surface area contributed by atoms with Crippen molar-refractivity contribution in [1.29, 1.82) is 0 Å². The molecule has 0 bridgehead atoms. The van der Waals surface area contributed by atoms with Gasteiger partial charge in [-0.15, -0.1) is 0 Å². The van der Waals surface area contributed by atoms with Gasteiger partial charge in [0.15, 0.2) is 0 Å². The SMILES string of the molecule is CCCNC(Cn1ccnc1)(C(N)=O)C1CC1. The number of nitrogens with zero attached hydrogens (tertiary/aromatic N) is 2. The largest absolute Gasteiger partial charge is 0.368 e. The van der Waals surface area contributed by atoms with Crippen LogP contribution in [0.5, 0.6) is 0 Å². The summed E-state index contributed by atoms with van der Waals surface area (Å²) >= 11 is 0. The highest BCUT2D eigenvalue weighted by molar-refractivity contribution is 5.85. The van der Waals surface area contributed by atoms with Crippen LogP contribution in [0.2, 0.25) is 0 Å². The van der Waals surface area contributed by atoms with Crippen LogP contribution in [-0.4, -0.2) is 27.5 Å². The summed E-state index contributed by atoms with van der Waals surface area (Å²) in [6.45, 7) is 3.48. The number of nitrogens with two attached hydrogens (primary N) is 1. The van der Waals surface area contributed by atoms with E-state index < -0.39 is 5.54 Å². The lowest BCUT2D eigenvalue weighted by Gasteiger charge is -2.32. The van der Waals surface area contributed by atoms with Crippen LogP contribution in [0.25, 0.3) is 0 Å². The Morgan fingerprint density at radius 3 is 2.88 bits per heavy atom. The van der Waals surface area contributed by atoms with Crippen LogP contribution < -0.4 is 11.1 Å². The molecule has 1 fully saturated rings. The highest BCUT2D eigenvalue weighted by Crippen LogP contribution is 2.40. The molecule has 1 unspecified atom stereocenters. The topological polar surface area (TPSA) is 72.9 Å². The zero-order valence-corrected chi connectivity index (χ0v) is 10.2. The summed E-state index contributed by atoms with van der Waals surface area (Å²) in [5.74, 6) is 0.121. The monoisotopic (exact) mass is 236 g/mol. The number of amides is 1. The Morgan fingerprint density at radius 1 is 1.65 bits per heavy atom. The van der Waals surface area contributed by atoms with Gasteiger partial charge in [0.1, 0.15) is 5.54 Å². The molecule has 0 radical (unpaired) electrons. The summed E-state index contributed by atoms with van der Waals surface area (Å²) in [6.07, 6.45) is 8.47. The van der Waals surface area contributed by atoms with E-state index in [-0.39, 0.29) is 5.91 Å². The Hall–Kier alpha value is -1.36. The maximum absolute atomic E-state index is 11.9. The van der Waals surface area contributed by atoms with E-state index in [2.05, 4.69) is 17.2 Å². The van der Waals surface area contributed by atoms with Gasteiger partial charge in [-0.2, -0.15) is 0 Å². The molecule has 17 heavy (non-hydrogen) atoms. The molecule has 3 N–H and O–H groups in total. The molecular formula is C12H20N4O. The first-order valence-electron chi connectivity index (χ1n) is 6.19. The van der Waals surface area contributed by atoms with Crippen LogP contribution in [-0.2, 0) is 11.3 Å². The third-order valence-electron chi connectivity index (χ3n) is 3.40. The van der Waals surface area contributed by atoms with Crippen molar-refractivity contribution in [2.24, 2.45) is 11.7 Å². The van der Waals surface area contributed by atoms with Crippen LogP contribution in [0.4, 0.5) is 0 Å². The van der Waals surface area contributed by atoms with Gasteiger partial charge in [0, 0.05) is 12.4 Å². The summed E-state index contributed by atoms with van der Waals surface area (Å²) in [5.41, 5.74) is 5.03. The van der Waals surface area contributed by atoms with Crippen molar-refractivity contribution in [2.45, 2.75) is 38.3 Å². The first-order chi connectivity index (χ1) is 8.19. The van der Waals surface area contributed by atoms with Gasteiger partial charge in [-0.3, -0.25) is 4.79 Å². The summed E-state index contributed by atoms with van der Waals surface area (Å²) in [4.78, 5) is 15.9. The summed E-state index contributed by atoms with van der Waals surface area (Å²) < 4.78 is 1.92. The van der Waals surface area contributed by atoms with E-state index in [1.165, 1.54) is 0 Å². The Kier molecular flexibility index (Phi) is 3.47. The number of carbonyl (C=O) groups excluding carboxylic acids is 1. The zero-order chi connectivity index (χ0) is 12.3. The normalized spacial score (nSPS) is 18.9. The molecule has 0 spiro atoms. The minimum absolute atomic E-state index is 0.248. The molecular weight excluding hydrogens is 216 g/mol. The standard InChI is InChI=1S/C12H20N4O/c1-2-5-15-12(11(13)17,10-3-4-10)8-16-7-6-14-9-16/h6-7,9-10,15H,2-5,8H2,1H3,(H2,13,17). The number of nitrogens with one attached hydrogen (secondary N) is 1. The van der Waals surface area contributed by atoms with Crippen molar-refractivity contribution in [1.82, 2.24) is 14.9 Å². The van der Waals surface area contributed by atoms with Gasteiger partial charge >= 0.3 is 0 Å². The fourth-order valence-corrected chi connectivity index (χ4v) is 2.29. The van der Waals surface area contributed by atoms with Gasteiger partial charge in [-0.25, -0.2) is 4.98 Å². The summed E-state index contributed by atoms with van der Waals surface area (Å²) in [5, 5.41) is 3.36. The minimum Gasteiger partial charge on any atom is -0.368 e. The molecule has 1 aliphatic rings. The van der Waals surface area contributed by atoms with Gasteiger partial charge in [0.25, 0.3) is 0 Å². The molecule has 5 nitrogen and oxygen atoms in total. The van der Waals surface area contributed by atoms with Crippen molar-refractivity contribution in [2.75, 3.05) is 6.54 Å². The van der Waals surface area contributed by atoms with Crippen molar-refractivity contribution in [3.05, 3.63) is 18.7 Å². The summed E-state index contributed by atoms with van der Waals surface area (Å²) in [7, 11) is 0. The summed E-state index contributed by atoms with van der Waals surface area (Å²) in [6, 6.07) is 0. The molecule has 94 valence electrons. The first kappa shape index (κ1) is 12.1. The van der Waals surface area contributed by atoms with Crippen LogP contribution in [0.15, 0.2) is 18.7 Å². The third kappa shape index (κ3) is 2.49. The fraction of sp³-hybridized carbons (Fsp3) is 0.667. The number of rotatable bonds is 7. The molecule has 2 rings (SSSR count). The Balaban J connectivity index is 2.17. The molecule has 1 aromatic rings. The molecule has 1 heterocycles. The number of hydrogen-bond donors (Lipinski definition) is 2. The van der Waals surface area contributed by atoms with E-state index in [4.69, 9.17) is 5.73 Å². The molecule has 0 saturated heterocycles. The van der Waals surface area contributed by atoms with Crippen molar-refractivity contribution in [3.63, 3.8) is 0 Å². The lowest BCUT2D eigenvalue weighted by molar-refractivity contribution is -0.126. The highest BCUT2D eigenvalue weighted by Gasteiger charge is 2.49. The Labute approximate surface area is 101 Å². The Morgan fingerprint density at radius 2 is 2.41 bits per heavy atom. The van der Waals surface area contributed by atoms with E-state index in [1.54, 1.807) is 12.5 Å². The number of primary amides is 1. The fourth-order valence-electron chi connectivity index (χ4n) is 2.29. The van der Waals surface area contributed by atoms with Gasteiger partial charge in [0.05, 0.1) is 12.9 Å². The molecule has 1 saturated carbocycles. The maximum Gasteiger partial charge on any atom is 0.239 e. The highest BCUT2D eigenvalue weighted by atomic mass is 16.1. The smallest absolute Gasteiger partial charge is 0.239 e. The van der Waals surface area contributed by atoms with E-state index in [0.717, 1.165) is 25.8 Å². The minimum atomic E-state index is -0.600. The van der Waals surface area contributed by atoms with E-state index in [1.807, 2.05) is 10.8 Å². The van der Waals surface area contributed by atoms with Crippen LogP contribution in [0, 0.1) is 5.92 Å². The van der Waals surface area contributed by atoms with E-state index in [0.29, 0.717) is 12.5 Å².